The number of hydrazone groups is 1. The summed E-state index contributed by atoms with van der Waals surface area (Å²) in [5, 5.41) is 16.2. The van der Waals surface area contributed by atoms with Gasteiger partial charge in [0, 0.05) is 17.5 Å². The van der Waals surface area contributed by atoms with Gasteiger partial charge in [-0.25, -0.2) is 5.01 Å². The lowest BCUT2D eigenvalue weighted by Gasteiger charge is -2.18. The fourth-order valence-electron chi connectivity index (χ4n) is 1.76. The maximum absolute atomic E-state index is 9.99. The highest BCUT2D eigenvalue weighted by Crippen LogP contribution is 2.29. The van der Waals surface area contributed by atoms with Crippen molar-refractivity contribution in [2.45, 2.75) is 33.4 Å². The average molecular weight is 218 g/mol. The van der Waals surface area contributed by atoms with Gasteiger partial charge in [0.25, 0.3) is 0 Å². The summed E-state index contributed by atoms with van der Waals surface area (Å²) in [6, 6.07) is 9.77. The predicted octanol–water partition coefficient (Wildman–Crippen LogP) is 2.62. The van der Waals surface area contributed by atoms with E-state index >= 15 is 0 Å². The highest BCUT2D eigenvalue weighted by molar-refractivity contribution is 5.92. The first-order chi connectivity index (χ1) is 7.48. The van der Waals surface area contributed by atoms with Crippen molar-refractivity contribution >= 4 is 11.4 Å². The monoisotopic (exact) mass is 218 g/mol. The third kappa shape index (κ3) is 2.09. The Hall–Kier alpha value is -1.35. The van der Waals surface area contributed by atoms with Crippen molar-refractivity contribution in [2.75, 3.05) is 5.01 Å². The van der Waals surface area contributed by atoms with Crippen molar-refractivity contribution < 1.29 is 5.11 Å². The first-order valence-electron chi connectivity index (χ1n) is 5.59. The molecule has 1 aromatic rings. The SMILES string of the molecule is CC(C)(C)C1=NN(c2ccccc2)C(O)C1. The smallest absolute Gasteiger partial charge is 0.152 e. The molecular weight excluding hydrogens is 200 g/mol. The fourth-order valence-corrected chi connectivity index (χ4v) is 1.76. The molecule has 1 N–H and O–H groups in total. The Bertz CT molecular complexity index is 392. The summed E-state index contributed by atoms with van der Waals surface area (Å²) < 4.78 is 0. The van der Waals surface area contributed by atoms with Gasteiger partial charge in [0.15, 0.2) is 6.23 Å². The van der Waals surface area contributed by atoms with Crippen LogP contribution in [0.1, 0.15) is 27.2 Å². The molecule has 1 heterocycles. The Morgan fingerprint density at radius 3 is 2.38 bits per heavy atom. The number of nitrogens with zero attached hydrogens (tertiary/aromatic N) is 2. The zero-order valence-corrected chi connectivity index (χ0v) is 10.0. The van der Waals surface area contributed by atoms with Crippen LogP contribution in [0.15, 0.2) is 35.4 Å². The van der Waals surface area contributed by atoms with E-state index in [1.54, 1.807) is 5.01 Å². The Balaban J connectivity index is 2.28. The van der Waals surface area contributed by atoms with Crippen molar-refractivity contribution in [2.24, 2.45) is 10.5 Å². The van der Waals surface area contributed by atoms with Crippen LogP contribution in [0.3, 0.4) is 0 Å². The van der Waals surface area contributed by atoms with E-state index in [0.717, 1.165) is 11.4 Å². The second-order valence-corrected chi connectivity index (χ2v) is 5.16. The first-order valence-corrected chi connectivity index (χ1v) is 5.59. The minimum Gasteiger partial charge on any atom is -0.371 e. The van der Waals surface area contributed by atoms with Gasteiger partial charge in [-0.15, -0.1) is 0 Å². The van der Waals surface area contributed by atoms with Crippen LogP contribution in [-0.2, 0) is 0 Å². The quantitative estimate of drug-likeness (QED) is 0.786. The lowest BCUT2D eigenvalue weighted by molar-refractivity contribution is 0.185. The minimum absolute atomic E-state index is 0.0184. The fraction of sp³-hybridized carbons (Fsp3) is 0.462. The number of para-hydroxylation sites is 1. The van der Waals surface area contributed by atoms with E-state index in [9.17, 15) is 5.11 Å². The normalized spacial score (nSPS) is 21.1. The third-order valence-electron chi connectivity index (χ3n) is 2.77. The minimum atomic E-state index is -0.531. The van der Waals surface area contributed by atoms with Crippen LogP contribution in [0, 0.1) is 5.41 Å². The van der Waals surface area contributed by atoms with Gasteiger partial charge in [0.05, 0.1) is 5.69 Å². The predicted molar refractivity (Wildman–Crippen MR) is 66.4 cm³/mol. The van der Waals surface area contributed by atoms with Crippen LogP contribution in [-0.4, -0.2) is 17.0 Å². The maximum atomic E-state index is 9.99. The van der Waals surface area contributed by atoms with Crippen LogP contribution >= 0.6 is 0 Å². The molecule has 0 amide bonds. The lowest BCUT2D eigenvalue weighted by Crippen LogP contribution is -2.26. The average Bonchev–Trinajstić information content (AvgIpc) is 2.61. The summed E-state index contributed by atoms with van der Waals surface area (Å²) in [5.41, 5.74) is 2.00. The van der Waals surface area contributed by atoms with Gasteiger partial charge >= 0.3 is 0 Å². The van der Waals surface area contributed by atoms with Crippen molar-refractivity contribution in [1.82, 2.24) is 0 Å². The highest BCUT2D eigenvalue weighted by atomic mass is 16.3. The molecule has 0 saturated heterocycles. The molecule has 16 heavy (non-hydrogen) atoms. The molecule has 3 nitrogen and oxygen atoms in total. The Labute approximate surface area is 96.4 Å². The molecule has 0 fully saturated rings. The van der Waals surface area contributed by atoms with Gasteiger partial charge in [-0.05, 0) is 12.1 Å². The van der Waals surface area contributed by atoms with Crippen molar-refractivity contribution in [3.63, 3.8) is 0 Å². The van der Waals surface area contributed by atoms with Crippen LogP contribution < -0.4 is 5.01 Å². The molecule has 0 radical (unpaired) electrons. The molecule has 1 unspecified atom stereocenters. The molecule has 0 spiro atoms. The Morgan fingerprint density at radius 2 is 1.88 bits per heavy atom. The molecular formula is C13H18N2O. The Kier molecular flexibility index (Phi) is 2.72. The molecule has 86 valence electrons. The van der Waals surface area contributed by atoms with Crippen molar-refractivity contribution in [3.8, 4) is 0 Å². The lowest BCUT2D eigenvalue weighted by atomic mass is 9.88. The van der Waals surface area contributed by atoms with E-state index < -0.39 is 6.23 Å². The van der Waals surface area contributed by atoms with Crippen LogP contribution in [0.2, 0.25) is 0 Å². The summed E-state index contributed by atoms with van der Waals surface area (Å²) >= 11 is 0. The summed E-state index contributed by atoms with van der Waals surface area (Å²) in [6.45, 7) is 6.35. The number of hydrogen-bond donors (Lipinski definition) is 1. The molecule has 0 bridgehead atoms. The van der Waals surface area contributed by atoms with Gasteiger partial charge < -0.3 is 5.11 Å². The summed E-state index contributed by atoms with van der Waals surface area (Å²) in [6.07, 6.45) is 0.0925. The van der Waals surface area contributed by atoms with Crippen molar-refractivity contribution in [1.29, 1.82) is 0 Å². The van der Waals surface area contributed by atoms with Crippen LogP contribution in [0.5, 0.6) is 0 Å². The molecule has 0 aromatic heterocycles. The Morgan fingerprint density at radius 1 is 1.25 bits per heavy atom. The third-order valence-corrected chi connectivity index (χ3v) is 2.77. The number of hydrogen-bond acceptors (Lipinski definition) is 3. The zero-order chi connectivity index (χ0) is 11.8. The number of aliphatic hydroxyl groups excluding tert-OH is 1. The first kappa shape index (κ1) is 11.1. The molecule has 2 rings (SSSR count). The van der Waals surface area contributed by atoms with Gasteiger partial charge in [-0.1, -0.05) is 39.0 Å². The van der Waals surface area contributed by atoms with Crippen LogP contribution in [0.25, 0.3) is 0 Å². The second-order valence-electron chi connectivity index (χ2n) is 5.16. The number of rotatable bonds is 1. The van der Waals surface area contributed by atoms with E-state index in [2.05, 4.69) is 25.9 Å². The van der Waals surface area contributed by atoms with Gasteiger partial charge in [-0.2, -0.15) is 5.10 Å². The highest BCUT2D eigenvalue weighted by Gasteiger charge is 2.31. The molecule has 3 heteroatoms. The topological polar surface area (TPSA) is 35.8 Å². The summed E-state index contributed by atoms with van der Waals surface area (Å²) in [5.74, 6) is 0. The van der Waals surface area contributed by atoms with Gasteiger partial charge in [0.1, 0.15) is 0 Å². The number of anilines is 1. The largest absolute Gasteiger partial charge is 0.371 e. The number of benzene rings is 1. The molecule has 1 aliphatic rings. The summed E-state index contributed by atoms with van der Waals surface area (Å²) in [4.78, 5) is 0. The standard InChI is InChI=1S/C13H18N2O/c1-13(2,3)11-9-12(16)15(14-11)10-7-5-4-6-8-10/h4-8,12,16H,9H2,1-3H3. The van der Waals surface area contributed by atoms with Crippen molar-refractivity contribution in [3.05, 3.63) is 30.3 Å². The van der Waals surface area contributed by atoms with E-state index in [-0.39, 0.29) is 5.41 Å². The molecule has 0 aliphatic carbocycles. The number of aliphatic hydroxyl groups is 1. The maximum Gasteiger partial charge on any atom is 0.152 e. The molecule has 1 atom stereocenters. The van der Waals surface area contributed by atoms with Gasteiger partial charge in [-0.3, -0.25) is 0 Å². The van der Waals surface area contributed by atoms with E-state index in [1.807, 2.05) is 30.3 Å². The van der Waals surface area contributed by atoms with E-state index in [0.29, 0.717) is 6.42 Å². The molecule has 1 aliphatic heterocycles. The van der Waals surface area contributed by atoms with Crippen LogP contribution in [0.4, 0.5) is 5.69 Å². The molecule has 1 aromatic carbocycles. The second kappa shape index (κ2) is 3.91. The summed E-state index contributed by atoms with van der Waals surface area (Å²) in [7, 11) is 0. The molecule has 0 saturated carbocycles. The van der Waals surface area contributed by atoms with E-state index in [1.165, 1.54) is 0 Å². The van der Waals surface area contributed by atoms with Gasteiger partial charge in [0.2, 0.25) is 0 Å². The van der Waals surface area contributed by atoms with E-state index in [4.69, 9.17) is 0 Å². The zero-order valence-electron chi connectivity index (χ0n) is 10.0.